The van der Waals surface area contributed by atoms with Gasteiger partial charge < -0.3 is 8.97 Å². The van der Waals surface area contributed by atoms with Gasteiger partial charge in [0.1, 0.15) is 0 Å². The van der Waals surface area contributed by atoms with Crippen LogP contribution in [-0.4, -0.2) is 23.9 Å². The first kappa shape index (κ1) is 32.4. The average Bonchev–Trinajstić information content (AvgIpc) is 3.86. The lowest BCUT2D eigenvalue weighted by atomic mass is 10.0. The second kappa shape index (κ2) is 12.8. The van der Waals surface area contributed by atoms with E-state index in [1.54, 1.807) is 0 Å². The van der Waals surface area contributed by atoms with Crippen LogP contribution in [0.15, 0.2) is 200 Å². The Kier molecular flexibility index (Phi) is 7.16. The molecule has 0 saturated heterocycles. The monoisotopic (exact) mass is 739 g/mol. The first-order chi connectivity index (χ1) is 28.8. The van der Waals surface area contributed by atoms with Crippen molar-refractivity contribution >= 4 is 59.9 Å². The molecular formula is C53H33N5. The molecule has 0 bridgehead atoms. The van der Waals surface area contributed by atoms with Gasteiger partial charge in [0.25, 0.3) is 0 Å². The van der Waals surface area contributed by atoms with E-state index in [0.29, 0.717) is 17.5 Å². The maximum absolute atomic E-state index is 4.94. The Morgan fingerprint density at radius 1 is 0.293 bits per heavy atom. The van der Waals surface area contributed by atoms with Crippen LogP contribution < -0.4 is 0 Å². The van der Waals surface area contributed by atoms with Crippen molar-refractivity contribution < 1.29 is 0 Å². The van der Waals surface area contributed by atoms with Gasteiger partial charge >= 0.3 is 0 Å². The molecule has 0 fully saturated rings. The van der Waals surface area contributed by atoms with E-state index in [1.807, 2.05) is 60.7 Å². The van der Waals surface area contributed by atoms with Crippen LogP contribution >= 0.6 is 0 Å². The van der Waals surface area contributed by atoms with E-state index in [4.69, 9.17) is 15.0 Å². The molecule has 4 heterocycles. The lowest BCUT2D eigenvalue weighted by Gasteiger charge is -2.15. The molecule has 270 valence electrons. The standard InChI is InChI=1S/C53H33N5/c1-3-13-36(14-4-1)51-54-52(37-15-5-2-6-16-37)56-53(55-51)38-25-23-34(24-26-38)35-27-29-40(30-28-35)57-47-22-12-10-20-43(47)45-32-31-44-41-18-8-9-19-42(41)48-33-39-17-7-11-21-46(39)58(48)50(44)49(45)57/h1-33H. The van der Waals surface area contributed by atoms with Crippen LogP contribution in [0.5, 0.6) is 0 Å². The normalized spacial score (nSPS) is 11.8. The first-order valence-corrected chi connectivity index (χ1v) is 19.6. The van der Waals surface area contributed by atoms with Crippen LogP contribution in [0, 0.1) is 0 Å². The first-order valence-electron chi connectivity index (χ1n) is 19.6. The fraction of sp³-hybridized carbons (Fsp3) is 0. The lowest BCUT2D eigenvalue weighted by molar-refractivity contribution is 1.07. The molecule has 0 atom stereocenters. The second-order valence-electron chi connectivity index (χ2n) is 14.8. The summed E-state index contributed by atoms with van der Waals surface area (Å²) in [7, 11) is 0. The molecule has 5 nitrogen and oxygen atoms in total. The van der Waals surface area contributed by atoms with Gasteiger partial charge in [-0.25, -0.2) is 15.0 Å². The maximum Gasteiger partial charge on any atom is 0.164 e. The Morgan fingerprint density at radius 3 is 1.36 bits per heavy atom. The van der Waals surface area contributed by atoms with E-state index >= 15 is 0 Å². The highest BCUT2D eigenvalue weighted by Crippen LogP contribution is 2.42. The minimum atomic E-state index is 0.644. The van der Waals surface area contributed by atoms with Gasteiger partial charge in [0.2, 0.25) is 0 Å². The van der Waals surface area contributed by atoms with Crippen LogP contribution in [0.1, 0.15) is 0 Å². The molecule has 12 rings (SSSR count). The van der Waals surface area contributed by atoms with Crippen molar-refractivity contribution in [2.45, 2.75) is 0 Å². The third-order valence-electron chi connectivity index (χ3n) is 11.5. The molecule has 0 spiro atoms. The minimum Gasteiger partial charge on any atom is -0.307 e. The molecule has 0 amide bonds. The number of para-hydroxylation sites is 2. The molecule has 0 aliphatic heterocycles. The number of fused-ring (bicyclic) bond motifs is 12. The quantitative estimate of drug-likeness (QED) is 0.165. The summed E-state index contributed by atoms with van der Waals surface area (Å²) in [5.41, 5.74) is 12.2. The zero-order chi connectivity index (χ0) is 38.2. The molecule has 58 heavy (non-hydrogen) atoms. The van der Waals surface area contributed by atoms with Gasteiger partial charge in [0.05, 0.1) is 27.6 Å². The predicted octanol–water partition coefficient (Wildman–Crippen LogP) is 13.3. The summed E-state index contributed by atoms with van der Waals surface area (Å²) in [5, 5.41) is 7.46. The lowest BCUT2D eigenvalue weighted by Crippen LogP contribution is -2.00. The second-order valence-corrected chi connectivity index (χ2v) is 14.8. The summed E-state index contributed by atoms with van der Waals surface area (Å²) in [6.07, 6.45) is 0. The summed E-state index contributed by atoms with van der Waals surface area (Å²) in [5.74, 6) is 1.95. The van der Waals surface area contributed by atoms with Gasteiger partial charge in [0, 0.05) is 49.3 Å². The van der Waals surface area contributed by atoms with Crippen LogP contribution in [0.3, 0.4) is 0 Å². The summed E-state index contributed by atoms with van der Waals surface area (Å²) < 4.78 is 4.94. The topological polar surface area (TPSA) is 48.0 Å². The van der Waals surface area contributed by atoms with Crippen LogP contribution in [0.4, 0.5) is 0 Å². The van der Waals surface area contributed by atoms with Gasteiger partial charge in [-0.2, -0.15) is 0 Å². The van der Waals surface area contributed by atoms with E-state index in [1.165, 1.54) is 59.9 Å². The molecular weight excluding hydrogens is 707 g/mol. The number of pyridine rings is 1. The van der Waals surface area contributed by atoms with E-state index in [2.05, 4.69) is 148 Å². The Balaban J connectivity index is 0.997. The summed E-state index contributed by atoms with van der Waals surface area (Å²) >= 11 is 0. The highest BCUT2D eigenvalue weighted by Gasteiger charge is 2.20. The van der Waals surface area contributed by atoms with E-state index in [0.717, 1.165) is 33.5 Å². The van der Waals surface area contributed by atoms with Gasteiger partial charge in [-0.3, -0.25) is 0 Å². The van der Waals surface area contributed by atoms with Crippen molar-refractivity contribution in [2.75, 3.05) is 0 Å². The highest BCUT2D eigenvalue weighted by atomic mass is 15.0. The van der Waals surface area contributed by atoms with Gasteiger partial charge in [-0.05, 0) is 46.8 Å². The number of hydrogen-bond acceptors (Lipinski definition) is 3. The molecule has 0 unspecified atom stereocenters. The van der Waals surface area contributed by atoms with Crippen LogP contribution in [-0.2, 0) is 0 Å². The van der Waals surface area contributed by atoms with E-state index < -0.39 is 0 Å². The number of aromatic nitrogens is 5. The van der Waals surface area contributed by atoms with Crippen LogP contribution in [0.25, 0.3) is 111 Å². The van der Waals surface area contributed by atoms with Gasteiger partial charge in [-0.15, -0.1) is 0 Å². The van der Waals surface area contributed by atoms with Crippen LogP contribution in [0.2, 0.25) is 0 Å². The number of benzene rings is 8. The van der Waals surface area contributed by atoms with E-state index in [-0.39, 0.29) is 0 Å². The average molecular weight is 740 g/mol. The molecule has 0 aliphatic carbocycles. The Morgan fingerprint density at radius 2 is 0.741 bits per heavy atom. The fourth-order valence-electron chi connectivity index (χ4n) is 8.84. The summed E-state index contributed by atoms with van der Waals surface area (Å²) in [4.78, 5) is 14.7. The van der Waals surface area contributed by atoms with Gasteiger partial charge in [0.15, 0.2) is 17.5 Å². The Labute approximate surface area is 333 Å². The third-order valence-corrected chi connectivity index (χ3v) is 11.5. The minimum absolute atomic E-state index is 0.644. The zero-order valence-electron chi connectivity index (χ0n) is 31.3. The molecule has 0 radical (unpaired) electrons. The van der Waals surface area contributed by atoms with Crippen molar-refractivity contribution in [1.82, 2.24) is 23.9 Å². The Hall–Kier alpha value is -7.89. The van der Waals surface area contributed by atoms with Crippen molar-refractivity contribution in [3.05, 3.63) is 200 Å². The molecule has 8 aromatic carbocycles. The molecule has 0 saturated carbocycles. The van der Waals surface area contributed by atoms with Crippen molar-refractivity contribution in [1.29, 1.82) is 0 Å². The number of rotatable bonds is 5. The fourth-order valence-corrected chi connectivity index (χ4v) is 8.84. The maximum atomic E-state index is 4.94. The number of nitrogens with zero attached hydrogens (tertiary/aromatic N) is 5. The molecule has 0 N–H and O–H groups in total. The van der Waals surface area contributed by atoms with E-state index in [9.17, 15) is 0 Å². The summed E-state index contributed by atoms with van der Waals surface area (Å²) in [6.45, 7) is 0. The molecule has 4 aromatic heterocycles. The largest absolute Gasteiger partial charge is 0.307 e. The number of hydrogen-bond donors (Lipinski definition) is 0. The predicted molar refractivity (Wildman–Crippen MR) is 239 cm³/mol. The van der Waals surface area contributed by atoms with Crippen molar-refractivity contribution in [3.8, 4) is 51.0 Å². The summed E-state index contributed by atoms with van der Waals surface area (Å²) in [6, 6.07) is 71.0. The Bertz CT molecular complexity index is 3470. The van der Waals surface area contributed by atoms with Crippen molar-refractivity contribution in [2.24, 2.45) is 0 Å². The molecule has 5 heteroatoms. The molecule has 0 aliphatic rings. The third kappa shape index (κ3) is 5.00. The molecule has 12 aromatic rings. The highest BCUT2D eigenvalue weighted by molar-refractivity contribution is 6.25. The smallest absolute Gasteiger partial charge is 0.164 e. The van der Waals surface area contributed by atoms with Gasteiger partial charge in [-0.1, -0.05) is 170 Å². The SMILES string of the molecule is c1ccc(-c2nc(-c3ccccc3)nc(-c3ccc(-c4ccc(-n5c6ccccc6c6ccc7c8ccccc8c8cc9ccccc9n8c7c65)cc4)cc3)n2)cc1. The zero-order valence-corrected chi connectivity index (χ0v) is 31.3. The van der Waals surface area contributed by atoms with Crippen molar-refractivity contribution in [3.63, 3.8) is 0 Å².